The maximum atomic E-state index is 13.1. The first-order chi connectivity index (χ1) is 15.2. The molecule has 0 saturated carbocycles. The third-order valence-electron chi connectivity index (χ3n) is 5.93. The maximum Gasteiger partial charge on any atom is 0.224 e. The van der Waals surface area contributed by atoms with E-state index in [9.17, 15) is 4.79 Å². The van der Waals surface area contributed by atoms with Gasteiger partial charge in [0.05, 0.1) is 19.3 Å². The number of carbonyl (C=O) groups is 1. The van der Waals surface area contributed by atoms with Gasteiger partial charge in [-0.2, -0.15) is 0 Å². The van der Waals surface area contributed by atoms with E-state index in [4.69, 9.17) is 14.2 Å². The van der Waals surface area contributed by atoms with Gasteiger partial charge in [0.25, 0.3) is 0 Å². The number of morpholine rings is 1. The van der Waals surface area contributed by atoms with Gasteiger partial charge < -0.3 is 19.5 Å². The van der Waals surface area contributed by atoms with E-state index in [0.717, 1.165) is 62.8 Å². The molecular weight excluding hydrogens is 392 g/mol. The molecule has 2 aliphatic rings. The Hall–Kier alpha value is -2.57. The Labute approximate surface area is 184 Å². The molecule has 1 saturated heterocycles. The number of benzene rings is 2. The van der Waals surface area contributed by atoms with Crippen LogP contribution in [0, 0.1) is 5.92 Å². The third kappa shape index (κ3) is 5.99. The highest BCUT2D eigenvalue weighted by molar-refractivity contribution is 5.79. The lowest BCUT2D eigenvalue weighted by Gasteiger charge is -2.29. The van der Waals surface area contributed by atoms with E-state index in [1.807, 2.05) is 31.2 Å². The van der Waals surface area contributed by atoms with Crippen molar-refractivity contribution in [3.63, 3.8) is 0 Å². The molecule has 0 unspecified atom stereocenters. The molecule has 6 heteroatoms. The van der Waals surface area contributed by atoms with Gasteiger partial charge in [0.2, 0.25) is 5.91 Å². The number of nitrogens with one attached hydrogen (secondary N) is 1. The van der Waals surface area contributed by atoms with E-state index in [1.54, 1.807) is 0 Å². The zero-order valence-electron chi connectivity index (χ0n) is 18.2. The largest absolute Gasteiger partial charge is 0.486 e. The van der Waals surface area contributed by atoms with Gasteiger partial charge in [-0.15, -0.1) is 0 Å². The van der Waals surface area contributed by atoms with Crippen LogP contribution in [0.1, 0.15) is 30.5 Å². The minimum Gasteiger partial charge on any atom is -0.486 e. The first-order valence-electron chi connectivity index (χ1n) is 11.2. The molecule has 31 heavy (non-hydrogen) atoms. The first kappa shape index (κ1) is 21.7. The van der Waals surface area contributed by atoms with Gasteiger partial charge in [-0.05, 0) is 36.1 Å². The van der Waals surface area contributed by atoms with Crippen molar-refractivity contribution in [2.24, 2.45) is 5.92 Å². The molecule has 1 fully saturated rings. The molecule has 6 nitrogen and oxygen atoms in total. The molecule has 166 valence electrons. The fourth-order valence-corrected chi connectivity index (χ4v) is 4.12. The fraction of sp³-hybridized carbons (Fsp3) is 0.480. The summed E-state index contributed by atoms with van der Waals surface area (Å²) in [6.45, 7) is 7.13. The van der Waals surface area contributed by atoms with Crippen molar-refractivity contribution in [2.45, 2.75) is 25.8 Å². The van der Waals surface area contributed by atoms with Crippen LogP contribution in [0.5, 0.6) is 11.5 Å². The van der Waals surface area contributed by atoms with Gasteiger partial charge in [-0.25, -0.2) is 0 Å². The van der Waals surface area contributed by atoms with E-state index in [-0.39, 0.29) is 17.9 Å². The highest BCUT2D eigenvalue weighted by Gasteiger charge is 2.23. The van der Waals surface area contributed by atoms with Crippen LogP contribution in [0.25, 0.3) is 0 Å². The van der Waals surface area contributed by atoms with E-state index >= 15 is 0 Å². The lowest BCUT2D eigenvalue weighted by Crippen LogP contribution is -2.43. The normalized spacial score (nSPS) is 18.2. The molecule has 2 aromatic carbocycles. The lowest BCUT2D eigenvalue weighted by atomic mass is 9.97. The van der Waals surface area contributed by atoms with Gasteiger partial charge in [-0.1, -0.05) is 43.3 Å². The fourth-order valence-electron chi connectivity index (χ4n) is 4.12. The second-order valence-corrected chi connectivity index (χ2v) is 8.30. The van der Waals surface area contributed by atoms with Crippen LogP contribution in [0.15, 0.2) is 48.5 Å². The summed E-state index contributed by atoms with van der Waals surface area (Å²) in [6, 6.07) is 16.3. The van der Waals surface area contributed by atoms with Crippen molar-refractivity contribution in [3.8, 4) is 11.5 Å². The number of hydrogen-bond donors (Lipinski definition) is 1. The van der Waals surface area contributed by atoms with Crippen LogP contribution in [-0.2, 0) is 16.0 Å². The average Bonchev–Trinajstić information content (AvgIpc) is 2.82. The first-order valence-corrected chi connectivity index (χ1v) is 11.2. The average molecular weight is 425 g/mol. The molecule has 0 spiro atoms. The van der Waals surface area contributed by atoms with Crippen LogP contribution >= 0.6 is 0 Å². The van der Waals surface area contributed by atoms with Gasteiger partial charge in [0, 0.05) is 25.6 Å². The van der Waals surface area contributed by atoms with Gasteiger partial charge >= 0.3 is 0 Å². The Bertz CT molecular complexity index is 852. The lowest BCUT2D eigenvalue weighted by molar-refractivity contribution is -0.126. The highest BCUT2D eigenvalue weighted by atomic mass is 16.6. The maximum absolute atomic E-state index is 13.1. The summed E-state index contributed by atoms with van der Waals surface area (Å²) in [5, 5.41) is 3.31. The Morgan fingerprint density at radius 1 is 1.00 bits per heavy atom. The van der Waals surface area contributed by atoms with Crippen LogP contribution in [-0.4, -0.2) is 56.9 Å². The molecule has 4 rings (SSSR count). The second-order valence-electron chi connectivity index (χ2n) is 8.30. The highest BCUT2D eigenvalue weighted by Crippen LogP contribution is 2.33. The molecule has 2 atom stereocenters. The van der Waals surface area contributed by atoms with E-state index < -0.39 is 0 Å². The number of rotatable bonds is 8. The van der Waals surface area contributed by atoms with Crippen molar-refractivity contribution in [2.75, 3.05) is 46.1 Å². The zero-order valence-corrected chi connectivity index (χ0v) is 18.2. The van der Waals surface area contributed by atoms with Crippen LogP contribution in [0.2, 0.25) is 0 Å². The minimum atomic E-state index is -0.0884. The molecule has 2 heterocycles. The van der Waals surface area contributed by atoms with Crippen LogP contribution < -0.4 is 14.8 Å². The molecule has 0 bridgehead atoms. The second kappa shape index (κ2) is 10.6. The summed E-state index contributed by atoms with van der Waals surface area (Å²) in [5.41, 5.74) is 2.31. The molecule has 0 aliphatic carbocycles. The summed E-state index contributed by atoms with van der Waals surface area (Å²) < 4.78 is 16.9. The van der Waals surface area contributed by atoms with Crippen LogP contribution in [0.4, 0.5) is 0 Å². The Morgan fingerprint density at radius 3 is 2.52 bits per heavy atom. The summed E-state index contributed by atoms with van der Waals surface area (Å²) in [4.78, 5) is 15.4. The topological polar surface area (TPSA) is 60.0 Å². The van der Waals surface area contributed by atoms with Gasteiger partial charge in [0.1, 0.15) is 13.2 Å². The molecular formula is C25H32N2O4. The van der Waals surface area contributed by atoms with E-state index in [0.29, 0.717) is 13.2 Å². The minimum absolute atomic E-state index is 0.0828. The molecule has 2 aliphatic heterocycles. The summed E-state index contributed by atoms with van der Waals surface area (Å²) in [5.74, 6) is 1.52. The van der Waals surface area contributed by atoms with Gasteiger partial charge in [0.15, 0.2) is 11.5 Å². The van der Waals surface area contributed by atoms with Crippen molar-refractivity contribution in [1.29, 1.82) is 0 Å². The predicted molar refractivity (Wildman–Crippen MR) is 120 cm³/mol. The standard InChI is InChI=1S/C25H32N2O4/c1-19(18-27-11-13-29-14-12-27)25(28)26-22(9-7-20-5-3-2-4-6-20)21-8-10-23-24(17-21)31-16-15-30-23/h2-6,8,10,17,19,22H,7,9,11-16,18H2,1H3,(H,26,28)/t19-,22+/m0/s1. The SMILES string of the molecule is C[C@@H](CN1CCOCC1)C(=O)N[C@H](CCc1ccccc1)c1ccc2c(c1)OCCO2. The smallest absolute Gasteiger partial charge is 0.224 e. The summed E-state index contributed by atoms with van der Waals surface area (Å²) >= 11 is 0. The number of ether oxygens (including phenoxy) is 3. The Kier molecular flexibility index (Phi) is 7.43. The number of hydrogen-bond acceptors (Lipinski definition) is 5. The number of nitrogens with zero attached hydrogens (tertiary/aromatic N) is 1. The summed E-state index contributed by atoms with van der Waals surface area (Å²) in [7, 11) is 0. The van der Waals surface area contributed by atoms with Crippen molar-refractivity contribution in [3.05, 3.63) is 59.7 Å². The molecule has 1 N–H and O–H groups in total. The third-order valence-corrected chi connectivity index (χ3v) is 5.93. The van der Waals surface area contributed by atoms with Crippen molar-refractivity contribution in [1.82, 2.24) is 10.2 Å². The molecule has 0 radical (unpaired) electrons. The van der Waals surface area contributed by atoms with Crippen molar-refractivity contribution < 1.29 is 19.0 Å². The van der Waals surface area contributed by atoms with E-state index in [1.165, 1.54) is 5.56 Å². The molecule has 2 aromatic rings. The predicted octanol–water partition coefficient (Wildman–Crippen LogP) is 3.22. The van der Waals surface area contributed by atoms with E-state index in [2.05, 4.69) is 34.5 Å². The number of carbonyl (C=O) groups excluding carboxylic acids is 1. The number of aryl methyl sites for hydroxylation is 1. The zero-order chi connectivity index (χ0) is 21.5. The van der Waals surface area contributed by atoms with Crippen LogP contribution in [0.3, 0.4) is 0 Å². The Balaban J connectivity index is 1.45. The number of fused-ring (bicyclic) bond motifs is 1. The van der Waals surface area contributed by atoms with Crippen molar-refractivity contribution >= 4 is 5.91 Å². The monoisotopic (exact) mass is 424 g/mol. The molecule has 0 aromatic heterocycles. The summed E-state index contributed by atoms with van der Waals surface area (Å²) in [6.07, 6.45) is 1.71. The quantitative estimate of drug-likeness (QED) is 0.705. The Morgan fingerprint density at radius 2 is 1.74 bits per heavy atom. The molecule has 1 amide bonds. The number of amides is 1. The van der Waals surface area contributed by atoms with Gasteiger partial charge in [-0.3, -0.25) is 9.69 Å².